The second-order valence-corrected chi connectivity index (χ2v) is 4.03. The summed E-state index contributed by atoms with van der Waals surface area (Å²) in [6.45, 7) is 0. The molecule has 0 atom stereocenters. The van der Waals surface area contributed by atoms with Crippen LogP contribution < -0.4 is 51.4 Å². The van der Waals surface area contributed by atoms with Crippen LogP contribution in [0.5, 0.6) is 0 Å². The third-order valence-electron chi connectivity index (χ3n) is 3.07. The Hall–Kier alpha value is 1.60. The molecule has 0 aromatic heterocycles. The summed E-state index contributed by atoms with van der Waals surface area (Å²) in [6, 6.07) is 1.52. The van der Waals surface area contributed by atoms with Gasteiger partial charge < -0.3 is 5.32 Å². The van der Waals surface area contributed by atoms with Crippen LogP contribution in [0.4, 0.5) is 0 Å². The maximum absolute atomic E-state index is 4.88. The van der Waals surface area contributed by atoms with Crippen molar-refractivity contribution in [2.45, 2.75) is 63.5 Å². The average molecular weight is 191 g/mol. The van der Waals surface area contributed by atoms with E-state index in [4.69, 9.17) is 5.32 Å². The van der Waals surface area contributed by atoms with Gasteiger partial charge in [0.25, 0.3) is 0 Å². The Balaban J connectivity index is 0.000000720. The molecule has 12 heavy (non-hydrogen) atoms. The standard InChI is InChI=1S/C10H18N.K/c1-2-6-9(5-1)11-10-7-3-4-8-10;/h9-10H,1-8H2;/q-1;+1. The van der Waals surface area contributed by atoms with Crippen molar-refractivity contribution in [1.82, 2.24) is 0 Å². The SMILES string of the molecule is C1CCC([N-]C2CCCC2)C1.[K+]. The third-order valence-corrected chi connectivity index (χ3v) is 3.07. The van der Waals surface area contributed by atoms with E-state index in [1.54, 1.807) is 0 Å². The van der Waals surface area contributed by atoms with E-state index < -0.39 is 0 Å². The first-order valence-corrected chi connectivity index (χ1v) is 5.15. The van der Waals surface area contributed by atoms with E-state index in [-0.39, 0.29) is 51.4 Å². The van der Waals surface area contributed by atoms with Crippen molar-refractivity contribution in [2.24, 2.45) is 0 Å². The van der Waals surface area contributed by atoms with Crippen LogP contribution in [0.1, 0.15) is 51.4 Å². The Morgan fingerprint density at radius 2 is 1.00 bits per heavy atom. The van der Waals surface area contributed by atoms with Crippen molar-refractivity contribution >= 4 is 0 Å². The molecule has 0 N–H and O–H groups in total. The first kappa shape index (κ1) is 11.7. The van der Waals surface area contributed by atoms with E-state index in [0.29, 0.717) is 0 Å². The zero-order valence-electron chi connectivity index (χ0n) is 8.26. The summed E-state index contributed by atoms with van der Waals surface area (Å²) in [6.07, 6.45) is 11.3. The molecule has 64 valence electrons. The second kappa shape index (κ2) is 6.15. The molecule has 0 bridgehead atoms. The van der Waals surface area contributed by atoms with Gasteiger partial charge in [-0.1, -0.05) is 51.4 Å². The molecule has 0 unspecified atom stereocenters. The van der Waals surface area contributed by atoms with Gasteiger partial charge in [-0.3, -0.25) is 0 Å². The Labute approximate surface area is 118 Å². The van der Waals surface area contributed by atoms with Crippen LogP contribution in [0.15, 0.2) is 0 Å². The fourth-order valence-corrected chi connectivity index (χ4v) is 2.40. The predicted octanol–water partition coefficient (Wildman–Crippen LogP) is 0.249. The van der Waals surface area contributed by atoms with E-state index in [9.17, 15) is 0 Å². The van der Waals surface area contributed by atoms with Gasteiger partial charge in [0, 0.05) is 0 Å². The van der Waals surface area contributed by atoms with Crippen LogP contribution in [-0.4, -0.2) is 12.1 Å². The van der Waals surface area contributed by atoms with Crippen LogP contribution in [0.3, 0.4) is 0 Å². The molecule has 0 radical (unpaired) electrons. The largest absolute Gasteiger partial charge is 1.00 e. The molecule has 2 rings (SSSR count). The minimum absolute atomic E-state index is 0. The van der Waals surface area contributed by atoms with E-state index in [0.717, 1.165) is 12.1 Å². The maximum Gasteiger partial charge on any atom is 1.00 e. The van der Waals surface area contributed by atoms with E-state index in [2.05, 4.69) is 0 Å². The summed E-state index contributed by atoms with van der Waals surface area (Å²) in [7, 11) is 0. The van der Waals surface area contributed by atoms with E-state index >= 15 is 0 Å². The van der Waals surface area contributed by atoms with Crippen molar-refractivity contribution in [2.75, 3.05) is 0 Å². The maximum atomic E-state index is 4.88. The summed E-state index contributed by atoms with van der Waals surface area (Å²) in [5.74, 6) is 0. The molecule has 0 aromatic carbocycles. The molecule has 2 heteroatoms. The van der Waals surface area contributed by atoms with Gasteiger partial charge in [0.2, 0.25) is 0 Å². The Morgan fingerprint density at radius 1 is 0.667 bits per heavy atom. The van der Waals surface area contributed by atoms with Crippen LogP contribution in [0.2, 0.25) is 0 Å². The van der Waals surface area contributed by atoms with Crippen LogP contribution in [-0.2, 0) is 0 Å². The summed E-state index contributed by atoms with van der Waals surface area (Å²) in [5.41, 5.74) is 0. The summed E-state index contributed by atoms with van der Waals surface area (Å²) >= 11 is 0. The van der Waals surface area contributed by atoms with Gasteiger partial charge in [-0.05, 0) is 0 Å². The van der Waals surface area contributed by atoms with Gasteiger partial charge >= 0.3 is 51.4 Å². The smallest absolute Gasteiger partial charge is 0.657 e. The first-order valence-electron chi connectivity index (χ1n) is 5.15. The number of hydrogen-bond donors (Lipinski definition) is 0. The molecule has 2 aliphatic rings. The van der Waals surface area contributed by atoms with Gasteiger partial charge in [0.15, 0.2) is 0 Å². The third kappa shape index (κ3) is 3.39. The number of hydrogen-bond acceptors (Lipinski definition) is 0. The van der Waals surface area contributed by atoms with Crippen LogP contribution >= 0.6 is 0 Å². The monoisotopic (exact) mass is 191 g/mol. The molecule has 0 amide bonds. The minimum Gasteiger partial charge on any atom is -0.657 e. The summed E-state index contributed by atoms with van der Waals surface area (Å²) < 4.78 is 0. The first-order chi connectivity index (χ1) is 5.45. The van der Waals surface area contributed by atoms with Gasteiger partial charge in [-0.2, -0.15) is 0 Å². The van der Waals surface area contributed by atoms with Gasteiger partial charge in [-0.25, -0.2) is 0 Å². The number of nitrogens with zero attached hydrogens (tertiary/aromatic N) is 1. The molecular formula is C10H18KN. The molecule has 0 aliphatic heterocycles. The summed E-state index contributed by atoms with van der Waals surface area (Å²) in [5, 5.41) is 4.88. The summed E-state index contributed by atoms with van der Waals surface area (Å²) in [4.78, 5) is 0. The topological polar surface area (TPSA) is 14.1 Å². The predicted molar refractivity (Wildman–Crippen MR) is 47.9 cm³/mol. The Bertz CT molecular complexity index is 101. The molecule has 1 nitrogen and oxygen atoms in total. The second-order valence-electron chi connectivity index (χ2n) is 4.03. The fourth-order valence-electron chi connectivity index (χ4n) is 2.40. The molecule has 2 aliphatic carbocycles. The normalized spacial score (nSPS) is 26.0. The van der Waals surface area contributed by atoms with Gasteiger partial charge in [-0.15, -0.1) is 12.1 Å². The Kier molecular flexibility index (Phi) is 5.98. The fraction of sp³-hybridized carbons (Fsp3) is 1.00. The molecule has 0 aromatic rings. The van der Waals surface area contributed by atoms with Crippen molar-refractivity contribution in [3.8, 4) is 0 Å². The number of rotatable bonds is 2. The van der Waals surface area contributed by atoms with E-state index in [1.807, 2.05) is 0 Å². The molecule has 0 saturated heterocycles. The van der Waals surface area contributed by atoms with Crippen molar-refractivity contribution in [3.05, 3.63) is 5.32 Å². The molecule has 0 spiro atoms. The quantitative estimate of drug-likeness (QED) is 0.556. The van der Waals surface area contributed by atoms with E-state index in [1.165, 1.54) is 51.4 Å². The molecule has 2 saturated carbocycles. The van der Waals surface area contributed by atoms with Crippen molar-refractivity contribution in [1.29, 1.82) is 0 Å². The zero-order valence-corrected chi connectivity index (χ0v) is 11.4. The van der Waals surface area contributed by atoms with Crippen LogP contribution in [0.25, 0.3) is 5.32 Å². The zero-order chi connectivity index (χ0) is 7.52. The van der Waals surface area contributed by atoms with Crippen molar-refractivity contribution in [3.63, 3.8) is 0 Å². The molecule has 2 fully saturated rings. The van der Waals surface area contributed by atoms with Crippen LogP contribution in [0, 0.1) is 0 Å². The minimum atomic E-state index is 0. The van der Waals surface area contributed by atoms with Gasteiger partial charge in [0.05, 0.1) is 0 Å². The van der Waals surface area contributed by atoms with Crippen molar-refractivity contribution < 1.29 is 51.4 Å². The van der Waals surface area contributed by atoms with Gasteiger partial charge in [0.1, 0.15) is 0 Å². The molecule has 0 heterocycles. The molecular weight excluding hydrogens is 173 g/mol. The Morgan fingerprint density at radius 3 is 1.33 bits per heavy atom. The average Bonchev–Trinajstić information content (AvgIpc) is 2.60.